The second-order valence-corrected chi connectivity index (χ2v) is 8.44. The first-order chi connectivity index (χ1) is 15.6. The van der Waals surface area contributed by atoms with Crippen molar-refractivity contribution in [1.29, 1.82) is 0 Å². The number of thioether (sulfide) groups is 1. The zero-order valence-corrected chi connectivity index (χ0v) is 18.8. The molecule has 0 aliphatic carbocycles. The summed E-state index contributed by atoms with van der Waals surface area (Å²) in [6.45, 7) is 6.21. The third-order valence-electron chi connectivity index (χ3n) is 5.31. The van der Waals surface area contributed by atoms with Crippen LogP contribution in [0.5, 0.6) is 0 Å². The van der Waals surface area contributed by atoms with E-state index in [0.29, 0.717) is 17.7 Å². The van der Waals surface area contributed by atoms with Crippen LogP contribution < -0.4 is 10.2 Å². The average Bonchev–Trinajstić information content (AvgIpc) is 3.28. The van der Waals surface area contributed by atoms with Crippen molar-refractivity contribution in [2.45, 2.75) is 12.1 Å². The maximum absolute atomic E-state index is 12.6. The van der Waals surface area contributed by atoms with Crippen molar-refractivity contribution in [2.24, 2.45) is 0 Å². The van der Waals surface area contributed by atoms with Crippen LogP contribution in [0.25, 0.3) is 11.5 Å². The minimum absolute atomic E-state index is 0.121. The number of rotatable bonds is 7. The molecule has 3 aromatic rings. The number of terminal acetylenes is 1. The van der Waals surface area contributed by atoms with E-state index < -0.39 is 0 Å². The number of hydrogen-bond donors (Lipinski definition) is 1. The highest BCUT2D eigenvalue weighted by atomic mass is 32.2. The summed E-state index contributed by atoms with van der Waals surface area (Å²) >= 11 is 1.22. The Labute approximate surface area is 192 Å². The number of piperazine rings is 1. The molecule has 1 saturated heterocycles. The third-order valence-corrected chi connectivity index (χ3v) is 6.13. The molecule has 0 bridgehead atoms. The lowest BCUT2D eigenvalue weighted by Gasteiger charge is -2.36. The second kappa shape index (κ2) is 10.4. The Morgan fingerprint density at radius 3 is 2.66 bits per heavy atom. The van der Waals surface area contributed by atoms with Crippen molar-refractivity contribution in [1.82, 2.24) is 15.1 Å². The third kappa shape index (κ3) is 5.31. The van der Waals surface area contributed by atoms with Gasteiger partial charge in [0.15, 0.2) is 0 Å². The van der Waals surface area contributed by atoms with Crippen LogP contribution in [-0.4, -0.2) is 59.5 Å². The quantitative estimate of drug-likeness (QED) is 0.439. The number of carbonyl (C=O) groups is 1. The first-order valence-corrected chi connectivity index (χ1v) is 11.4. The molecule has 4 rings (SSSR count). The van der Waals surface area contributed by atoms with Crippen molar-refractivity contribution in [3.63, 3.8) is 0 Å². The van der Waals surface area contributed by atoms with Crippen molar-refractivity contribution in [3.8, 4) is 23.8 Å². The van der Waals surface area contributed by atoms with E-state index in [1.807, 2.05) is 55.5 Å². The maximum Gasteiger partial charge on any atom is 0.277 e. The van der Waals surface area contributed by atoms with Crippen LogP contribution in [0.3, 0.4) is 0 Å². The highest BCUT2D eigenvalue weighted by Crippen LogP contribution is 2.28. The topological polar surface area (TPSA) is 74.5 Å². The molecule has 1 aromatic heterocycles. The van der Waals surface area contributed by atoms with Gasteiger partial charge in [0.05, 0.1) is 23.7 Å². The summed E-state index contributed by atoms with van der Waals surface area (Å²) in [6.07, 6.45) is 5.42. The van der Waals surface area contributed by atoms with Crippen LogP contribution in [0.15, 0.2) is 58.2 Å². The van der Waals surface area contributed by atoms with E-state index in [1.165, 1.54) is 11.8 Å². The van der Waals surface area contributed by atoms with Crippen LogP contribution in [0, 0.1) is 19.3 Å². The molecular weight excluding hydrogens is 422 g/mol. The van der Waals surface area contributed by atoms with E-state index in [4.69, 9.17) is 10.8 Å². The summed E-state index contributed by atoms with van der Waals surface area (Å²) < 4.78 is 5.73. The molecule has 2 aromatic carbocycles. The SMILES string of the molecule is C#CCN1CCN(c2ccccc2NC(=O)CSc2nnc(-c3ccccc3C)o2)CC1. The van der Waals surface area contributed by atoms with Gasteiger partial charge in [-0.15, -0.1) is 16.6 Å². The fourth-order valence-electron chi connectivity index (χ4n) is 3.63. The molecule has 0 unspecified atom stereocenters. The Morgan fingerprint density at radius 2 is 1.88 bits per heavy atom. The summed E-state index contributed by atoms with van der Waals surface area (Å²) in [5.74, 6) is 3.22. The van der Waals surface area contributed by atoms with E-state index in [9.17, 15) is 4.79 Å². The van der Waals surface area contributed by atoms with E-state index >= 15 is 0 Å². The molecule has 1 amide bonds. The normalized spacial score (nSPS) is 14.2. The molecule has 0 radical (unpaired) electrons. The predicted octanol–water partition coefficient (Wildman–Crippen LogP) is 3.53. The molecule has 164 valence electrons. The summed E-state index contributed by atoms with van der Waals surface area (Å²) in [6, 6.07) is 15.7. The van der Waals surface area contributed by atoms with Gasteiger partial charge in [-0.05, 0) is 30.7 Å². The number of benzene rings is 2. The van der Waals surface area contributed by atoms with Crippen LogP contribution >= 0.6 is 11.8 Å². The Morgan fingerprint density at radius 1 is 1.12 bits per heavy atom. The van der Waals surface area contributed by atoms with Crippen LogP contribution in [0.1, 0.15) is 5.56 Å². The molecule has 7 nitrogen and oxygen atoms in total. The minimum Gasteiger partial charge on any atom is -0.411 e. The lowest BCUT2D eigenvalue weighted by atomic mass is 10.1. The Hall–Kier alpha value is -3.28. The zero-order chi connectivity index (χ0) is 22.3. The predicted molar refractivity (Wildman–Crippen MR) is 128 cm³/mol. The summed E-state index contributed by atoms with van der Waals surface area (Å²) in [5, 5.41) is 11.6. The number of amides is 1. The molecule has 8 heteroatoms. The van der Waals surface area contributed by atoms with Crippen molar-refractivity contribution in [3.05, 3.63) is 54.1 Å². The van der Waals surface area contributed by atoms with Gasteiger partial charge in [0.25, 0.3) is 5.22 Å². The molecule has 0 atom stereocenters. The lowest BCUT2D eigenvalue weighted by molar-refractivity contribution is -0.113. The molecule has 1 fully saturated rings. The second-order valence-electron chi connectivity index (χ2n) is 7.51. The molecular formula is C24H25N5O2S. The first kappa shape index (κ1) is 21.9. The number of anilines is 2. The average molecular weight is 448 g/mol. The van der Waals surface area contributed by atoms with Gasteiger partial charge in [-0.1, -0.05) is 48.0 Å². The van der Waals surface area contributed by atoms with Gasteiger partial charge in [-0.3, -0.25) is 9.69 Å². The van der Waals surface area contributed by atoms with Crippen molar-refractivity contribution < 1.29 is 9.21 Å². The van der Waals surface area contributed by atoms with Gasteiger partial charge < -0.3 is 14.6 Å². The fraction of sp³-hybridized carbons (Fsp3) is 0.292. The van der Waals surface area contributed by atoms with E-state index in [-0.39, 0.29) is 11.7 Å². The number of hydrogen-bond acceptors (Lipinski definition) is 7. The number of aryl methyl sites for hydroxylation is 1. The number of nitrogens with zero attached hydrogens (tertiary/aromatic N) is 4. The number of para-hydroxylation sites is 2. The zero-order valence-electron chi connectivity index (χ0n) is 18.0. The molecule has 1 N–H and O–H groups in total. The summed E-state index contributed by atoms with van der Waals surface area (Å²) in [4.78, 5) is 17.2. The molecule has 0 saturated carbocycles. The smallest absolute Gasteiger partial charge is 0.277 e. The molecule has 32 heavy (non-hydrogen) atoms. The monoisotopic (exact) mass is 447 g/mol. The van der Waals surface area contributed by atoms with Crippen LogP contribution in [0.4, 0.5) is 11.4 Å². The Kier molecular flexibility index (Phi) is 7.10. The highest BCUT2D eigenvalue weighted by molar-refractivity contribution is 7.99. The van der Waals surface area contributed by atoms with Crippen molar-refractivity contribution in [2.75, 3.05) is 48.7 Å². The summed E-state index contributed by atoms with van der Waals surface area (Å²) in [7, 11) is 0. The fourth-order valence-corrected chi connectivity index (χ4v) is 4.20. The maximum atomic E-state index is 12.6. The van der Waals surface area contributed by atoms with Gasteiger partial charge in [-0.25, -0.2) is 0 Å². The van der Waals surface area contributed by atoms with E-state index in [2.05, 4.69) is 31.2 Å². The summed E-state index contributed by atoms with van der Waals surface area (Å²) in [5.41, 5.74) is 3.77. The number of nitrogens with one attached hydrogen (secondary N) is 1. The molecule has 1 aliphatic heterocycles. The van der Waals surface area contributed by atoms with Gasteiger partial charge in [0.1, 0.15) is 0 Å². The number of aromatic nitrogens is 2. The van der Waals surface area contributed by atoms with Gasteiger partial charge >= 0.3 is 0 Å². The first-order valence-electron chi connectivity index (χ1n) is 10.5. The molecule has 0 spiro atoms. The van der Waals surface area contributed by atoms with Crippen LogP contribution in [-0.2, 0) is 4.79 Å². The van der Waals surface area contributed by atoms with Gasteiger partial charge in [0.2, 0.25) is 11.8 Å². The molecule has 2 heterocycles. The van der Waals surface area contributed by atoms with Gasteiger partial charge in [0, 0.05) is 31.7 Å². The van der Waals surface area contributed by atoms with Gasteiger partial charge in [-0.2, -0.15) is 0 Å². The molecule has 1 aliphatic rings. The number of carbonyl (C=O) groups excluding carboxylic acids is 1. The highest BCUT2D eigenvalue weighted by Gasteiger charge is 2.19. The largest absolute Gasteiger partial charge is 0.411 e. The van der Waals surface area contributed by atoms with Crippen molar-refractivity contribution >= 4 is 29.0 Å². The standard InChI is InChI=1S/C24H25N5O2S/c1-3-12-28-13-15-29(16-14-28)21-11-7-6-10-20(21)25-22(30)17-32-24-27-26-23(31-24)19-9-5-4-8-18(19)2/h1,4-11H,12-17H2,2H3,(H,25,30). The van der Waals surface area contributed by atoms with E-state index in [1.54, 1.807) is 0 Å². The lowest BCUT2D eigenvalue weighted by Crippen LogP contribution is -2.46. The van der Waals surface area contributed by atoms with Crippen LogP contribution in [0.2, 0.25) is 0 Å². The minimum atomic E-state index is -0.121. The van der Waals surface area contributed by atoms with E-state index in [0.717, 1.165) is 48.7 Å². The Bertz CT molecular complexity index is 1120. The Balaban J connectivity index is 1.35.